The van der Waals surface area contributed by atoms with Crippen LogP contribution in [0.25, 0.3) is 0 Å². The Balaban J connectivity index is 2.40. The van der Waals surface area contributed by atoms with Gasteiger partial charge in [0.1, 0.15) is 5.82 Å². The summed E-state index contributed by atoms with van der Waals surface area (Å²) in [5.74, 6) is 0.917. The first kappa shape index (κ1) is 12.2. The van der Waals surface area contributed by atoms with Gasteiger partial charge < -0.3 is 9.72 Å². The second kappa shape index (κ2) is 6.60. The molecule has 0 bridgehead atoms. The molecule has 1 aromatic heterocycles. The second-order valence-corrected chi connectivity index (χ2v) is 3.13. The molecule has 0 fully saturated rings. The van der Waals surface area contributed by atoms with E-state index in [9.17, 15) is 4.79 Å². The summed E-state index contributed by atoms with van der Waals surface area (Å²) in [4.78, 5) is 18.1. The quantitative estimate of drug-likeness (QED) is 0.586. The van der Waals surface area contributed by atoms with Gasteiger partial charge in [0, 0.05) is 6.42 Å². The molecule has 0 saturated heterocycles. The molecule has 0 aliphatic carbocycles. The van der Waals surface area contributed by atoms with Crippen LogP contribution in [0.3, 0.4) is 0 Å². The minimum absolute atomic E-state index is 0.325. The fourth-order valence-electron chi connectivity index (χ4n) is 1.13. The second-order valence-electron chi connectivity index (χ2n) is 3.13. The van der Waals surface area contributed by atoms with Crippen LogP contribution in [0.1, 0.15) is 31.8 Å². The zero-order valence-corrected chi connectivity index (χ0v) is 9.49. The number of carbonyl (C=O) groups excluding carboxylic acids is 1. The zero-order valence-electron chi connectivity index (χ0n) is 9.49. The van der Waals surface area contributed by atoms with E-state index in [1.54, 1.807) is 13.1 Å². The van der Waals surface area contributed by atoms with E-state index < -0.39 is 6.09 Å². The maximum absolute atomic E-state index is 10.9. The van der Waals surface area contributed by atoms with E-state index in [2.05, 4.69) is 32.2 Å². The van der Waals surface area contributed by atoms with Crippen molar-refractivity contribution in [2.75, 3.05) is 6.61 Å². The predicted molar refractivity (Wildman–Crippen MR) is 60.3 cm³/mol. The average molecular weight is 224 g/mol. The van der Waals surface area contributed by atoms with E-state index in [4.69, 9.17) is 0 Å². The van der Waals surface area contributed by atoms with Gasteiger partial charge in [-0.2, -0.15) is 5.10 Å². The van der Waals surface area contributed by atoms with E-state index >= 15 is 0 Å². The van der Waals surface area contributed by atoms with Crippen molar-refractivity contribution >= 4 is 12.3 Å². The van der Waals surface area contributed by atoms with Gasteiger partial charge in [-0.1, -0.05) is 6.92 Å². The highest BCUT2D eigenvalue weighted by Gasteiger charge is 1.98. The van der Waals surface area contributed by atoms with Crippen LogP contribution in [0.15, 0.2) is 11.3 Å². The Morgan fingerprint density at radius 2 is 2.50 bits per heavy atom. The van der Waals surface area contributed by atoms with Crippen LogP contribution in [0.4, 0.5) is 4.79 Å². The van der Waals surface area contributed by atoms with Crippen molar-refractivity contribution < 1.29 is 9.53 Å². The van der Waals surface area contributed by atoms with Gasteiger partial charge in [-0.05, 0) is 13.3 Å². The number of nitrogens with one attached hydrogen (secondary N) is 2. The van der Waals surface area contributed by atoms with E-state index in [0.29, 0.717) is 6.61 Å². The number of aryl methyl sites for hydroxylation is 1. The molecule has 0 spiro atoms. The van der Waals surface area contributed by atoms with Gasteiger partial charge >= 0.3 is 6.09 Å². The average Bonchev–Trinajstić information content (AvgIpc) is 2.67. The largest absolute Gasteiger partial charge is 0.449 e. The van der Waals surface area contributed by atoms with Crippen molar-refractivity contribution in [3.8, 4) is 0 Å². The van der Waals surface area contributed by atoms with Gasteiger partial charge in [0.05, 0.1) is 24.7 Å². The van der Waals surface area contributed by atoms with Crippen molar-refractivity contribution in [3.63, 3.8) is 0 Å². The number of hydrogen-bond donors (Lipinski definition) is 2. The van der Waals surface area contributed by atoms with Crippen LogP contribution in [-0.4, -0.2) is 28.9 Å². The molecule has 0 aliphatic heterocycles. The SMILES string of the molecule is CCCc1ncc(C=NNC(=O)OCC)[nH]1. The first-order valence-corrected chi connectivity index (χ1v) is 5.26. The number of carbonyl (C=O) groups is 1. The lowest BCUT2D eigenvalue weighted by Crippen LogP contribution is -2.18. The number of nitrogens with zero attached hydrogens (tertiary/aromatic N) is 2. The third-order valence-electron chi connectivity index (χ3n) is 1.77. The van der Waals surface area contributed by atoms with Crippen LogP contribution in [-0.2, 0) is 11.2 Å². The highest BCUT2D eigenvalue weighted by Crippen LogP contribution is 1.97. The Labute approximate surface area is 94.1 Å². The monoisotopic (exact) mass is 224 g/mol. The Morgan fingerprint density at radius 3 is 3.19 bits per heavy atom. The third kappa shape index (κ3) is 4.12. The molecular weight excluding hydrogens is 208 g/mol. The normalized spacial score (nSPS) is 10.6. The van der Waals surface area contributed by atoms with Gasteiger partial charge in [0.25, 0.3) is 0 Å². The molecule has 16 heavy (non-hydrogen) atoms. The first-order chi connectivity index (χ1) is 7.76. The molecular formula is C10H16N4O2. The first-order valence-electron chi connectivity index (χ1n) is 5.26. The summed E-state index contributed by atoms with van der Waals surface area (Å²) in [5.41, 5.74) is 2.98. The number of hydrazone groups is 1. The number of H-pyrrole nitrogens is 1. The summed E-state index contributed by atoms with van der Waals surface area (Å²) in [7, 11) is 0. The van der Waals surface area contributed by atoms with Gasteiger partial charge in [0.15, 0.2) is 0 Å². The van der Waals surface area contributed by atoms with Crippen molar-refractivity contribution in [2.24, 2.45) is 5.10 Å². The molecule has 1 rings (SSSR count). The lowest BCUT2D eigenvalue weighted by molar-refractivity contribution is 0.152. The number of amides is 1. The third-order valence-corrected chi connectivity index (χ3v) is 1.77. The Morgan fingerprint density at radius 1 is 1.69 bits per heavy atom. The van der Waals surface area contributed by atoms with Gasteiger partial charge in [-0.25, -0.2) is 15.2 Å². The zero-order chi connectivity index (χ0) is 11.8. The van der Waals surface area contributed by atoms with Crippen LogP contribution < -0.4 is 5.43 Å². The molecule has 1 amide bonds. The van der Waals surface area contributed by atoms with Gasteiger partial charge in [-0.3, -0.25) is 0 Å². The Bertz CT molecular complexity index is 359. The minimum Gasteiger partial charge on any atom is -0.449 e. The van der Waals surface area contributed by atoms with Gasteiger partial charge in [0.2, 0.25) is 0 Å². The Kier molecular flexibility index (Phi) is 5.04. The standard InChI is InChI=1S/C10H16N4O2/c1-3-5-9-11-6-8(13-9)7-12-14-10(15)16-4-2/h6-7H,3-5H2,1-2H3,(H,11,13)(H,14,15). The van der Waals surface area contributed by atoms with Crippen molar-refractivity contribution in [2.45, 2.75) is 26.7 Å². The molecule has 1 heterocycles. The number of hydrogen-bond acceptors (Lipinski definition) is 4. The number of aromatic amines is 1. The fourth-order valence-corrected chi connectivity index (χ4v) is 1.13. The van der Waals surface area contributed by atoms with Crippen molar-refractivity contribution in [1.29, 1.82) is 0 Å². The molecule has 0 radical (unpaired) electrons. The molecule has 0 aliphatic rings. The summed E-state index contributed by atoms with van der Waals surface area (Å²) >= 11 is 0. The predicted octanol–water partition coefficient (Wildman–Crippen LogP) is 1.44. The molecule has 88 valence electrons. The number of rotatable bonds is 5. The van der Waals surface area contributed by atoms with E-state index in [1.807, 2.05) is 0 Å². The maximum Gasteiger partial charge on any atom is 0.427 e. The molecule has 6 nitrogen and oxygen atoms in total. The minimum atomic E-state index is -0.563. The van der Waals surface area contributed by atoms with E-state index in [0.717, 1.165) is 24.4 Å². The summed E-state index contributed by atoms with van der Waals surface area (Å²) in [5, 5.41) is 3.71. The van der Waals surface area contributed by atoms with E-state index in [1.165, 1.54) is 6.21 Å². The molecule has 0 aromatic carbocycles. The molecule has 1 aromatic rings. The molecule has 0 atom stereocenters. The number of imidazole rings is 1. The number of ether oxygens (including phenoxy) is 1. The summed E-state index contributed by atoms with van der Waals surface area (Å²) in [6, 6.07) is 0. The maximum atomic E-state index is 10.9. The fraction of sp³-hybridized carbons (Fsp3) is 0.500. The Hall–Kier alpha value is -1.85. The van der Waals surface area contributed by atoms with Gasteiger partial charge in [-0.15, -0.1) is 0 Å². The molecule has 6 heteroatoms. The summed E-state index contributed by atoms with van der Waals surface area (Å²) in [6.45, 7) is 4.14. The van der Waals surface area contributed by atoms with E-state index in [-0.39, 0.29) is 0 Å². The highest BCUT2D eigenvalue weighted by atomic mass is 16.5. The van der Waals surface area contributed by atoms with Crippen molar-refractivity contribution in [3.05, 3.63) is 17.7 Å². The smallest absolute Gasteiger partial charge is 0.427 e. The highest BCUT2D eigenvalue weighted by molar-refractivity contribution is 5.78. The van der Waals surface area contributed by atoms with Crippen molar-refractivity contribution in [1.82, 2.24) is 15.4 Å². The molecule has 0 saturated carbocycles. The lowest BCUT2D eigenvalue weighted by atomic mass is 10.3. The molecule has 0 unspecified atom stereocenters. The number of aromatic nitrogens is 2. The van der Waals surface area contributed by atoms with Crippen LogP contribution in [0.5, 0.6) is 0 Å². The van der Waals surface area contributed by atoms with Crippen LogP contribution in [0, 0.1) is 0 Å². The van der Waals surface area contributed by atoms with Crippen LogP contribution in [0.2, 0.25) is 0 Å². The summed E-state index contributed by atoms with van der Waals surface area (Å²) in [6.07, 6.45) is 4.53. The molecule has 2 N–H and O–H groups in total. The van der Waals surface area contributed by atoms with Crippen LogP contribution >= 0.6 is 0 Å². The summed E-state index contributed by atoms with van der Waals surface area (Å²) < 4.78 is 4.63. The lowest BCUT2D eigenvalue weighted by Gasteiger charge is -1.97. The topological polar surface area (TPSA) is 79.4 Å².